The summed E-state index contributed by atoms with van der Waals surface area (Å²) in [4.78, 5) is 26.4. The third-order valence-electron chi connectivity index (χ3n) is 6.96. The smallest absolute Gasteiger partial charge is 0.169 e. The van der Waals surface area contributed by atoms with E-state index in [-0.39, 0.29) is 5.78 Å². The molecule has 0 aliphatic heterocycles. The van der Waals surface area contributed by atoms with Crippen molar-refractivity contribution in [2.24, 2.45) is 5.92 Å². The molecule has 1 aliphatic carbocycles. The molecule has 1 saturated carbocycles. The minimum atomic E-state index is -0.557. The van der Waals surface area contributed by atoms with Crippen LogP contribution in [0.2, 0.25) is 0 Å². The molecular weight excluding hydrogens is 496 g/mol. The second kappa shape index (κ2) is 8.90. The molecule has 188 valence electrons. The van der Waals surface area contributed by atoms with Gasteiger partial charge in [-0.25, -0.2) is 4.98 Å². The quantitative estimate of drug-likeness (QED) is 0.146. The van der Waals surface area contributed by atoms with E-state index in [4.69, 9.17) is 4.98 Å². The molecule has 38 heavy (non-hydrogen) atoms. The first-order chi connectivity index (χ1) is 18.5. The number of aliphatic hydroxyl groups excluding tert-OH is 1. The number of carbonyl (C=O) groups excluding carboxylic acids is 1. The number of pyridine rings is 2. The van der Waals surface area contributed by atoms with Gasteiger partial charge in [-0.1, -0.05) is 12.1 Å². The fourth-order valence-electron chi connectivity index (χ4n) is 4.78. The maximum absolute atomic E-state index is 11.8. The molecule has 6 aromatic rings. The van der Waals surface area contributed by atoms with Crippen LogP contribution in [-0.2, 0) is 0 Å². The topological polar surface area (TPSA) is 120 Å². The number of rotatable bonds is 7. The molecule has 1 aromatic carbocycles. The lowest BCUT2D eigenvalue weighted by Gasteiger charge is -2.13. The number of hydrogen-bond donors (Lipinski definition) is 4. The van der Waals surface area contributed by atoms with Crippen LogP contribution in [0.4, 0.5) is 5.69 Å². The van der Waals surface area contributed by atoms with E-state index in [1.54, 1.807) is 19.3 Å². The van der Waals surface area contributed by atoms with Gasteiger partial charge in [0, 0.05) is 39.0 Å². The molecule has 0 saturated heterocycles. The van der Waals surface area contributed by atoms with E-state index in [9.17, 15) is 9.90 Å². The summed E-state index contributed by atoms with van der Waals surface area (Å²) in [7, 11) is 0. The predicted octanol–water partition coefficient (Wildman–Crippen LogP) is 6.24. The molecule has 0 radical (unpaired) electrons. The van der Waals surface area contributed by atoms with Crippen molar-refractivity contribution in [1.29, 1.82) is 0 Å². The summed E-state index contributed by atoms with van der Waals surface area (Å²) in [5, 5.41) is 22.2. The average Bonchev–Trinajstić information content (AvgIpc) is 3.32. The Morgan fingerprint density at radius 1 is 1.11 bits per heavy atom. The van der Waals surface area contributed by atoms with Crippen molar-refractivity contribution >= 4 is 44.7 Å². The third-order valence-corrected chi connectivity index (χ3v) is 8.18. The highest BCUT2D eigenvalue weighted by Crippen LogP contribution is 2.37. The Bertz CT molecular complexity index is 1830. The van der Waals surface area contributed by atoms with Gasteiger partial charge in [0.2, 0.25) is 0 Å². The van der Waals surface area contributed by atoms with Crippen molar-refractivity contribution in [2.75, 3.05) is 5.32 Å². The van der Waals surface area contributed by atoms with E-state index in [0.29, 0.717) is 5.92 Å². The number of hydrogen-bond acceptors (Lipinski definition) is 7. The number of carbonyl (C=O) groups is 1. The number of fused-ring (bicyclic) bond motifs is 2. The van der Waals surface area contributed by atoms with Crippen LogP contribution < -0.4 is 5.32 Å². The van der Waals surface area contributed by atoms with Gasteiger partial charge < -0.3 is 15.4 Å². The number of thiophene rings is 1. The number of aromatic nitrogens is 5. The number of aliphatic hydroxyl groups is 1. The lowest BCUT2D eigenvalue weighted by molar-refractivity contribution is 0.102. The number of nitrogens with zero attached hydrogens (tertiary/aromatic N) is 3. The number of nitrogens with one attached hydrogen (secondary N) is 3. The first-order valence-electron chi connectivity index (χ1n) is 12.5. The molecule has 8 nitrogen and oxygen atoms in total. The maximum atomic E-state index is 11.8. The summed E-state index contributed by atoms with van der Waals surface area (Å²) >= 11 is 1.50. The van der Waals surface area contributed by atoms with Crippen LogP contribution in [-0.4, -0.2) is 42.3 Å². The normalized spacial score (nSPS) is 14.3. The summed E-state index contributed by atoms with van der Waals surface area (Å²) < 4.78 is 0. The van der Waals surface area contributed by atoms with Crippen molar-refractivity contribution in [3.63, 3.8) is 0 Å². The highest BCUT2D eigenvalue weighted by Gasteiger charge is 2.29. The first kappa shape index (κ1) is 22.8. The Labute approximate surface area is 221 Å². The average molecular weight is 521 g/mol. The van der Waals surface area contributed by atoms with E-state index < -0.39 is 6.23 Å². The molecule has 0 bridgehead atoms. The van der Waals surface area contributed by atoms with Crippen LogP contribution in [0.5, 0.6) is 0 Å². The van der Waals surface area contributed by atoms with Gasteiger partial charge in [0.15, 0.2) is 5.78 Å². The molecule has 1 aliphatic rings. The van der Waals surface area contributed by atoms with E-state index in [2.05, 4.69) is 37.6 Å². The molecule has 1 unspecified atom stereocenters. The molecule has 4 N–H and O–H groups in total. The molecule has 0 spiro atoms. The van der Waals surface area contributed by atoms with E-state index in [1.807, 2.05) is 42.5 Å². The Kier molecular flexibility index (Phi) is 5.34. The van der Waals surface area contributed by atoms with Crippen molar-refractivity contribution < 1.29 is 9.90 Å². The minimum Gasteiger partial charge on any atom is -0.374 e. The van der Waals surface area contributed by atoms with E-state index in [1.165, 1.54) is 11.3 Å². The van der Waals surface area contributed by atoms with Gasteiger partial charge in [-0.2, -0.15) is 5.10 Å². The summed E-state index contributed by atoms with van der Waals surface area (Å²) in [6.45, 7) is 1.59. The van der Waals surface area contributed by atoms with Crippen molar-refractivity contribution in [3.8, 4) is 33.1 Å². The van der Waals surface area contributed by atoms with Crippen molar-refractivity contribution in [3.05, 3.63) is 71.9 Å². The molecule has 7 rings (SSSR count). The largest absolute Gasteiger partial charge is 0.374 e. The predicted molar refractivity (Wildman–Crippen MR) is 150 cm³/mol. The zero-order chi connectivity index (χ0) is 25.8. The van der Waals surface area contributed by atoms with Crippen molar-refractivity contribution in [1.82, 2.24) is 25.1 Å². The highest BCUT2D eigenvalue weighted by molar-refractivity contribution is 7.17. The summed E-state index contributed by atoms with van der Waals surface area (Å²) in [6.07, 6.45) is 5.02. The summed E-state index contributed by atoms with van der Waals surface area (Å²) in [5.74, 6) is 0.387. The van der Waals surface area contributed by atoms with Crippen LogP contribution >= 0.6 is 11.3 Å². The number of aromatic amines is 2. The lowest BCUT2D eigenvalue weighted by Crippen LogP contribution is -2.20. The minimum absolute atomic E-state index is 0.0728. The molecular formula is C29H24N6O2S. The van der Waals surface area contributed by atoms with E-state index >= 15 is 0 Å². The molecule has 1 atom stereocenters. The molecule has 9 heteroatoms. The number of benzene rings is 1. The Morgan fingerprint density at radius 2 is 2.00 bits per heavy atom. The van der Waals surface area contributed by atoms with Gasteiger partial charge in [-0.05, 0) is 62.2 Å². The Balaban J connectivity index is 1.27. The van der Waals surface area contributed by atoms with Crippen molar-refractivity contribution in [2.45, 2.75) is 26.0 Å². The summed E-state index contributed by atoms with van der Waals surface area (Å²) in [5.41, 5.74) is 7.61. The van der Waals surface area contributed by atoms with Crippen LogP contribution in [0.1, 0.15) is 29.4 Å². The van der Waals surface area contributed by atoms with Crippen LogP contribution in [0.3, 0.4) is 0 Å². The number of Topliss-reactive ketones (excluding diaryl/α,β-unsaturated/α-hetero) is 1. The fourth-order valence-corrected chi connectivity index (χ4v) is 5.72. The number of H-pyrrole nitrogens is 2. The third kappa shape index (κ3) is 4.06. The Morgan fingerprint density at radius 3 is 2.82 bits per heavy atom. The number of anilines is 1. The highest BCUT2D eigenvalue weighted by atomic mass is 32.1. The monoisotopic (exact) mass is 520 g/mol. The zero-order valence-electron chi connectivity index (χ0n) is 20.5. The first-order valence-corrected chi connectivity index (χ1v) is 13.3. The second-order valence-corrected chi connectivity index (χ2v) is 10.8. The molecule has 0 amide bonds. The van der Waals surface area contributed by atoms with Gasteiger partial charge in [0.25, 0.3) is 0 Å². The van der Waals surface area contributed by atoms with Gasteiger partial charge in [-0.15, -0.1) is 11.3 Å². The van der Waals surface area contributed by atoms with Crippen LogP contribution in [0.25, 0.3) is 55.0 Å². The van der Waals surface area contributed by atoms with Gasteiger partial charge >= 0.3 is 0 Å². The second-order valence-electron chi connectivity index (χ2n) is 9.72. The van der Waals surface area contributed by atoms with Crippen LogP contribution in [0.15, 0.2) is 67.0 Å². The SMILES string of the molecule is CC(=O)c1ccc(-c2cccc3[nH]c(-c4n[nH]c5ccc(-c6cncc(NC(O)C7CC7)c6)nc45)cc23)s1. The number of ketones is 1. The molecule has 5 aromatic heterocycles. The van der Waals surface area contributed by atoms with Gasteiger partial charge in [0.05, 0.1) is 33.7 Å². The van der Waals surface area contributed by atoms with E-state index in [0.717, 1.165) is 78.4 Å². The van der Waals surface area contributed by atoms with Gasteiger partial charge in [0.1, 0.15) is 17.4 Å². The lowest BCUT2D eigenvalue weighted by atomic mass is 10.1. The molecule has 1 fully saturated rings. The van der Waals surface area contributed by atoms with Crippen LogP contribution in [0, 0.1) is 5.92 Å². The standard InChI is InChI=1S/C29H24N6O2S/c1-15(36)25-9-10-26(38-25)19-3-2-4-22-20(19)12-24(32-22)28-27-23(34-35-28)8-7-21(33-27)17-11-18(14-30-13-17)31-29(37)16-5-6-16/h2-4,7-14,16,29,31-32,37H,5-6H2,1H3,(H,34,35). The zero-order valence-corrected chi connectivity index (χ0v) is 21.3. The van der Waals surface area contributed by atoms with Gasteiger partial charge in [-0.3, -0.25) is 14.9 Å². The maximum Gasteiger partial charge on any atom is 0.169 e. The fraction of sp³-hybridized carbons (Fsp3) is 0.172. The Hall–Kier alpha value is -4.34. The summed E-state index contributed by atoms with van der Waals surface area (Å²) in [6, 6.07) is 18.0. The molecule has 5 heterocycles.